The van der Waals surface area contributed by atoms with Crippen LogP contribution >= 0.6 is 12.4 Å². The molecule has 3 rings (SSSR count). The molecule has 3 N–H and O–H groups in total. The first-order valence-corrected chi connectivity index (χ1v) is 12.2. The highest BCUT2D eigenvalue weighted by molar-refractivity contribution is 7.89. The molecule has 0 heterocycles. The summed E-state index contributed by atoms with van der Waals surface area (Å²) in [5, 5.41) is 0. The Morgan fingerprint density at radius 3 is 2.55 bits per heavy atom. The van der Waals surface area contributed by atoms with Crippen LogP contribution in [0.5, 0.6) is 0 Å². The van der Waals surface area contributed by atoms with Gasteiger partial charge in [-0.25, -0.2) is 21.9 Å². The second-order valence-electron chi connectivity index (χ2n) is 8.11. The van der Waals surface area contributed by atoms with Gasteiger partial charge in [-0.15, -0.1) is 12.4 Å². The summed E-state index contributed by atoms with van der Waals surface area (Å²) in [6.07, 6.45) is 4.39. The van der Waals surface area contributed by atoms with E-state index in [9.17, 15) is 17.2 Å². The molecule has 172 valence electrons. The van der Waals surface area contributed by atoms with Crippen LogP contribution in [0, 0.1) is 11.6 Å². The first kappa shape index (κ1) is 25.7. The molecule has 2 unspecified atom stereocenters. The summed E-state index contributed by atoms with van der Waals surface area (Å²) in [5.41, 5.74) is 10.7. The number of halogens is 3. The van der Waals surface area contributed by atoms with Gasteiger partial charge in [-0.3, -0.25) is 0 Å². The summed E-state index contributed by atoms with van der Waals surface area (Å²) in [7, 11) is -3.18. The van der Waals surface area contributed by atoms with Gasteiger partial charge in [-0.2, -0.15) is 0 Å². The van der Waals surface area contributed by atoms with Gasteiger partial charge in [-0.05, 0) is 72.9 Å². The Hall–Kier alpha value is -1.54. The molecule has 0 amide bonds. The van der Waals surface area contributed by atoms with Gasteiger partial charge >= 0.3 is 0 Å². The standard InChI is InChI=1S/C23H30F2N2O2S.ClH/c1-2-12-30(28,29)27-11-3-4-16-5-7-18-8-10-23(26)20(19(18)13-16)14-17-6-9-21(24)22(25)15-17;/h5-7,9,13,15,20,23,27H,2-4,8,10-12,14,26H2,1H3;1H. The minimum atomic E-state index is -3.18. The first-order valence-electron chi connectivity index (χ1n) is 10.6. The van der Waals surface area contributed by atoms with Crippen LogP contribution in [0.3, 0.4) is 0 Å². The normalized spacial score (nSPS) is 18.3. The number of hydrogen-bond donors (Lipinski definition) is 2. The van der Waals surface area contributed by atoms with Crippen molar-refractivity contribution in [1.29, 1.82) is 0 Å². The number of hydrogen-bond acceptors (Lipinski definition) is 3. The van der Waals surface area contributed by atoms with Gasteiger partial charge in [0.15, 0.2) is 11.6 Å². The Morgan fingerprint density at radius 1 is 1.10 bits per heavy atom. The van der Waals surface area contributed by atoms with Gasteiger partial charge in [0.1, 0.15) is 0 Å². The number of rotatable bonds is 9. The maximum atomic E-state index is 13.6. The van der Waals surface area contributed by atoms with Crippen molar-refractivity contribution in [1.82, 2.24) is 4.72 Å². The minimum Gasteiger partial charge on any atom is -0.327 e. The van der Waals surface area contributed by atoms with Gasteiger partial charge in [0.25, 0.3) is 0 Å². The molecule has 0 bridgehead atoms. The summed E-state index contributed by atoms with van der Waals surface area (Å²) in [4.78, 5) is 0. The fourth-order valence-electron chi connectivity index (χ4n) is 4.17. The Balaban J connectivity index is 0.00000341. The van der Waals surface area contributed by atoms with Crippen LogP contribution in [0.4, 0.5) is 8.78 Å². The van der Waals surface area contributed by atoms with Crippen LogP contribution in [-0.4, -0.2) is 26.8 Å². The molecule has 0 aromatic heterocycles. The molecule has 2 aromatic rings. The average Bonchev–Trinajstić information content (AvgIpc) is 2.70. The van der Waals surface area contributed by atoms with Crippen molar-refractivity contribution in [3.8, 4) is 0 Å². The van der Waals surface area contributed by atoms with E-state index < -0.39 is 21.7 Å². The summed E-state index contributed by atoms with van der Waals surface area (Å²) >= 11 is 0. The van der Waals surface area contributed by atoms with E-state index in [4.69, 9.17) is 5.73 Å². The van der Waals surface area contributed by atoms with Crippen molar-refractivity contribution >= 4 is 22.4 Å². The lowest BCUT2D eigenvalue weighted by molar-refractivity contribution is 0.463. The van der Waals surface area contributed by atoms with Gasteiger partial charge < -0.3 is 5.73 Å². The molecule has 0 aliphatic heterocycles. The van der Waals surface area contributed by atoms with Crippen molar-refractivity contribution in [2.24, 2.45) is 5.73 Å². The molecule has 2 atom stereocenters. The summed E-state index contributed by atoms with van der Waals surface area (Å²) < 4.78 is 53.1. The van der Waals surface area contributed by atoms with Crippen LogP contribution in [0.25, 0.3) is 0 Å². The molecule has 31 heavy (non-hydrogen) atoms. The molecule has 8 heteroatoms. The molecule has 0 spiro atoms. The highest BCUT2D eigenvalue weighted by atomic mass is 35.5. The fourth-order valence-corrected chi connectivity index (χ4v) is 5.31. The number of aryl methyl sites for hydroxylation is 2. The molecule has 0 saturated heterocycles. The zero-order valence-electron chi connectivity index (χ0n) is 17.7. The van der Waals surface area contributed by atoms with E-state index in [-0.39, 0.29) is 30.1 Å². The van der Waals surface area contributed by atoms with Crippen LogP contribution in [0.15, 0.2) is 36.4 Å². The van der Waals surface area contributed by atoms with E-state index in [1.165, 1.54) is 17.2 Å². The van der Waals surface area contributed by atoms with Gasteiger partial charge in [0.2, 0.25) is 10.0 Å². The van der Waals surface area contributed by atoms with Crippen LogP contribution in [-0.2, 0) is 29.3 Å². The predicted molar refractivity (Wildman–Crippen MR) is 123 cm³/mol. The molecule has 0 fully saturated rings. The Morgan fingerprint density at radius 2 is 1.84 bits per heavy atom. The lowest BCUT2D eigenvalue weighted by atomic mass is 9.76. The largest absolute Gasteiger partial charge is 0.327 e. The molecule has 4 nitrogen and oxygen atoms in total. The van der Waals surface area contributed by atoms with Gasteiger partial charge in [-0.1, -0.05) is 31.2 Å². The predicted octanol–water partition coefficient (Wildman–Crippen LogP) is 4.25. The third kappa shape index (κ3) is 6.97. The maximum Gasteiger partial charge on any atom is 0.211 e. The van der Waals surface area contributed by atoms with Crippen molar-refractivity contribution in [2.45, 2.75) is 57.4 Å². The van der Waals surface area contributed by atoms with Crippen LogP contribution in [0.1, 0.15) is 54.4 Å². The molecule has 0 saturated carbocycles. The lowest BCUT2D eigenvalue weighted by Crippen LogP contribution is -2.34. The molecule has 1 aliphatic rings. The summed E-state index contributed by atoms with van der Waals surface area (Å²) in [5.74, 6) is -1.49. The van der Waals surface area contributed by atoms with E-state index in [1.807, 2.05) is 6.92 Å². The van der Waals surface area contributed by atoms with Crippen LogP contribution in [0.2, 0.25) is 0 Å². The number of sulfonamides is 1. The Labute approximate surface area is 190 Å². The van der Waals surface area contributed by atoms with Crippen molar-refractivity contribution in [3.63, 3.8) is 0 Å². The summed E-state index contributed by atoms with van der Waals surface area (Å²) in [6.45, 7) is 2.25. The monoisotopic (exact) mass is 472 g/mol. The molecule has 0 radical (unpaired) electrons. The smallest absolute Gasteiger partial charge is 0.211 e. The lowest BCUT2D eigenvalue weighted by Gasteiger charge is -2.32. The second-order valence-corrected chi connectivity index (χ2v) is 10.0. The van der Waals surface area contributed by atoms with Crippen molar-refractivity contribution < 1.29 is 17.2 Å². The maximum absolute atomic E-state index is 13.6. The van der Waals surface area contributed by atoms with Gasteiger partial charge in [0.05, 0.1) is 5.75 Å². The number of nitrogens with two attached hydrogens (primary N) is 1. The second kappa shape index (κ2) is 11.4. The average molecular weight is 473 g/mol. The third-order valence-corrected chi connectivity index (χ3v) is 7.34. The number of benzene rings is 2. The third-order valence-electron chi connectivity index (χ3n) is 5.75. The van der Waals surface area contributed by atoms with Crippen molar-refractivity contribution in [3.05, 3.63) is 70.3 Å². The SMILES string of the molecule is CCCS(=O)(=O)NCCCc1ccc2c(c1)C(Cc1ccc(F)c(F)c1)C(N)CC2.Cl. The Bertz CT molecular complexity index is 986. The first-order chi connectivity index (χ1) is 14.3. The number of fused-ring (bicyclic) bond motifs is 1. The number of nitrogens with one attached hydrogen (secondary N) is 1. The van der Waals surface area contributed by atoms with Gasteiger partial charge in [0, 0.05) is 18.5 Å². The topological polar surface area (TPSA) is 72.2 Å². The quantitative estimate of drug-likeness (QED) is 0.536. The fraction of sp³-hybridized carbons (Fsp3) is 0.478. The van der Waals surface area contributed by atoms with Crippen LogP contribution < -0.4 is 10.5 Å². The molecule has 2 aromatic carbocycles. The van der Waals surface area contributed by atoms with E-state index in [0.29, 0.717) is 25.8 Å². The zero-order chi connectivity index (χ0) is 21.7. The van der Waals surface area contributed by atoms with E-state index >= 15 is 0 Å². The summed E-state index contributed by atoms with van der Waals surface area (Å²) in [6, 6.07) is 10.4. The van der Waals surface area contributed by atoms with Crippen molar-refractivity contribution in [2.75, 3.05) is 12.3 Å². The van der Waals surface area contributed by atoms with E-state index in [0.717, 1.165) is 36.5 Å². The Kier molecular flexibility index (Phi) is 9.43. The highest BCUT2D eigenvalue weighted by Crippen LogP contribution is 2.34. The van der Waals surface area contributed by atoms with E-state index in [1.54, 1.807) is 6.07 Å². The molecular formula is C23H31ClF2N2O2S. The zero-order valence-corrected chi connectivity index (χ0v) is 19.4. The molecule has 1 aliphatic carbocycles. The minimum absolute atomic E-state index is 0. The van der Waals surface area contributed by atoms with E-state index in [2.05, 4.69) is 22.9 Å². The highest BCUT2D eigenvalue weighted by Gasteiger charge is 2.27. The molecular weight excluding hydrogens is 442 g/mol.